The standard InChI is InChI=1S/C17H26N2/c1-6-10-12-19-13-16(17(18)11-7-2)15(9-4)14(5)8-3/h6-7,9,11,13,18-19H,1,4,8,10,12H2,2-3,5H3/b11-7-,15-14+,16-13-,18-17?. The van der Waals surface area contributed by atoms with Crippen LogP contribution in [-0.2, 0) is 0 Å². The normalized spacial score (nSPS) is 13.1. The van der Waals surface area contributed by atoms with Gasteiger partial charge < -0.3 is 10.7 Å². The van der Waals surface area contributed by atoms with Gasteiger partial charge in [0.05, 0.1) is 5.71 Å². The zero-order chi connectivity index (χ0) is 14.7. The van der Waals surface area contributed by atoms with Crippen LogP contribution in [0.1, 0.15) is 33.6 Å². The fourth-order valence-corrected chi connectivity index (χ4v) is 1.62. The lowest BCUT2D eigenvalue weighted by molar-refractivity contribution is 0.849. The molecule has 0 aromatic rings. The number of nitrogens with one attached hydrogen (secondary N) is 2. The van der Waals surface area contributed by atoms with Crippen LogP contribution in [0.4, 0.5) is 0 Å². The molecule has 0 spiro atoms. The average molecular weight is 258 g/mol. The Morgan fingerprint density at radius 2 is 2.00 bits per heavy atom. The van der Waals surface area contributed by atoms with Crippen LogP contribution in [-0.4, -0.2) is 12.3 Å². The van der Waals surface area contributed by atoms with Gasteiger partial charge in [0.2, 0.25) is 0 Å². The minimum atomic E-state index is 0.497. The Kier molecular flexibility index (Phi) is 9.15. The van der Waals surface area contributed by atoms with Gasteiger partial charge in [0, 0.05) is 18.3 Å². The number of rotatable bonds is 9. The summed E-state index contributed by atoms with van der Waals surface area (Å²) in [6.45, 7) is 14.5. The van der Waals surface area contributed by atoms with Gasteiger partial charge in [-0.1, -0.05) is 37.3 Å². The first-order chi connectivity index (χ1) is 9.12. The van der Waals surface area contributed by atoms with Crippen molar-refractivity contribution in [3.63, 3.8) is 0 Å². The molecule has 0 aliphatic rings. The van der Waals surface area contributed by atoms with Gasteiger partial charge in [-0.15, -0.1) is 6.58 Å². The highest BCUT2D eigenvalue weighted by Crippen LogP contribution is 2.19. The van der Waals surface area contributed by atoms with Gasteiger partial charge in [0.1, 0.15) is 0 Å². The molecule has 104 valence electrons. The highest BCUT2D eigenvalue weighted by molar-refractivity contribution is 6.09. The maximum Gasteiger partial charge on any atom is 0.0629 e. The third-order valence-corrected chi connectivity index (χ3v) is 2.85. The number of hydrogen-bond donors (Lipinski definition) is 2. The minimum absolute atomic E-state index is 0.497. The molecule has 19 heavy (non-hydrogen) atoms. The summed E-state index contributed by atoms with van der Waals surface area (Å²) in [5, 5.41) is 11.4. The molecule has 0 atom stereocenters. The summed E-state index contributed by atoms with van der Waals surface area (Å²) in [4.78, 5) is 0. The van der Waals surface area contributed by atoms with E-state index >= 15 is 0 Å². The molecule has 2 heteroatoms. The molecule has 2 N–H and O–H groups in total. The zero-order valence-electron chi connectivity index (χ0n) is 12.4. The first kappa shape index (κ1) is 17.2. The molecule has 0 fully saturated rings. The van der Waals surface area contributed by atoms with Crippen LogP contribution in [0.3, 0.4) is 0 Å². The summed E-state index contributed by atoms with van der Waals surface area (Å²) in [5.41, 5.74) is 3.66. The van der Waals surface area contributed by atoms with Crippen molar-refractivity contribution >= 4 is 5.71 Å². The molecule has 0 bridgehead atoms. The summed E-state index contributed by atoms with van der Waals surface area (Å²) >= 11 is 0. The molecular formula is C17H26N2. The molecule has 0 unspecified atom stereocenters. The quantitative estimate of drug-likeness (QED) is 0.271. The molecular weight excluding hydrogens is 232 g/mol. The summed E-state index contributed by atoms with van der Waals surface area (Å²) in [5.74, 6) is 0. The topological polar surface area (TPSA) is 35.9 Å². The van der Waals surface area contributed by atoms with E-state index < -0.39 is 0 Å². The van der Waals surface area contributed by atoms with Crippen LogP contribution in [0.2, 0.25) is 0 Å². The highest BCUT2D eigenvalue weighted by Gasteiger charge is 2.08. The van der Waals surface area contributed by atoms with Gasteiger partial charge in [0.15, 0.2) is 0 Å². The van der Waals surface area contributed by atoms with Crippen molar-refractivity contribution in [1.82, 2.24) is 5.32 Å². The molecule has 0 aliphatic carbocycles. The third-order valence-electron chi connectivity index (χ3n) is 2.85. The van der Waals surface area contributed by atoms with Crippen LogP contribution < -0.4 is 5.32 Å². The minimum Gasteiger partial charge on any atom is -0.390 e. The van der Waals surface area contributed by atoms with E-state index in [1.807, 2.05) is 31.4 Å². The second-order valence-corrected chi connectivity index (χ2v) is 4.25. The second kappa shape index (κ2) is 10.1. The van der Waals surface area contributed by atoms with Crippen molar-refractivity contribution in [3.05, 3.63) is 60.4 Å². The van der Waals surface area contributed by atoms with Crippen molar-refractivity contribution in [2.24, 2.45) is 0 Å². The van der Waals surface area contributed by atoms with Gasteiger partial charge in [-0.3, -0.25) is 0 Å². The van der Waals surface area contributed by atoms with Crippen molar-refractivity contribution in [1.29, 1.82) is 5.41 Å². The van der Waals surface area contributed by atoms with E-state index in [0.29, 0.717) is 5.71 Å². The Balaban J connectivity index is 5.31. The van der Waals surface area contributed by atoms with Crippen LogP contribution in [0.15, 0.2) is 60.4 Å². The van der Waals surface area contributed by atoms with E-state index in [4.69, 9.17) is 5.41 Å². The lowest BCUT2D eigenvalue weighted by Gasteiger charge is -2.12. The molecule has 0 heterocycles. The lowest BCUT2D eigenvalue weighted by atomic mass is 9.96. The van der Waals surface area contributed by atoms with Crippen LogP contribution >= 0.6 is 0 Å². The fourth-order valence-electron chi connectivity index (χ4n) is 1.62. The summed E-state index contributed by atoms with van der Waals surface area (Å²) in [6.07, 6.45) is 11.1. The fraction of sp³-hybridized carbons (Fsp3) is 0.353. The van der Waals surface area contributed by atoms with E-state index in [1.54, 1.807) is 6.08 Å². The van der Waals surface area contributed by atoms with Gasteiger partial charge in [-0.05, 0) is 38.3 Å². The van der Waals surface area contributed by atoms with Crippen LogP contribution in [0, 0.1) is 5.41 Å². The third kappa shape index (κ3) is 6.05. The Morgan fingerprint density at radius 3 is 2.47 bits per heavy atom. The maximum absolute atomic E-state index is 8.13. The second-order valence-electron chi connectivity index (χ2n) is 4.25. The van der Waals surface area contributed by atoms with E-state index in [0.717, 1.165) is 30.5 Å². The van der Waals surface area contributed by atoms with Crippen molar-refractivity contribution in [2.45, 2.75) is 33.6 Å². The van der Waals surface area contributed by atoms with Gasteiger partial charge in [-0.25, -0.2) is 0 Å². The van der Waals surface area contributed by atoms with E-state index in [1.165, 1.54) is 5.57 Å². The van der Waals surface area contributed by atoms with Gasteiger partial charge in [0.25, 0.3) is 0 Å². The highest BCUT2D eigenvalue weighted by atomic mass is 14.8. The smallest absolute Gasteiger partial charge is 0.0629 e. The van der Waals surface area contributed by atoms with Crippen LogP contribution in [0.25, 0.3) is 0 Å². The Hall–Kier alpha value is -1.83. The molecule has 0 amide bonds. The largest absolute Gasteiger partial charge is 0.390 e. The molecule has 0 saturated heterocycles. The molecule has 0 saturated carbocycles. The van der Waals surface area contributed by atoms with Crippen molar-refractivity contribution < 1.29 is 0 Å². The maximum atomic E-state index is 8.13. The number of hydrogen-bond acceptors (Lipinski definition) is 2. The molecule has 0 aliphatic heterocycles. The monoisotopic (exact) mass is 258 g/mol. The first-order valence-electron chi connectivity index (χ1n) is 6.70. The number of allylic oxidation sites excluding steroid dienone is 6. The van der Waals surface area contributed by atoms with Crippen molar-refractivity contribution in [2.75, 3.05) is 6.54 Å². The Labute approximate surface area is 117 Å². The summed E-state index contributed by atoms with van der Waals surface area (Å²) in [7, 11) is 0. The molecule has 0 radical (unpaired) electrons. The van der Waals surface area contributed by atoms with Gasteiger partial charge >= 0.3 is 0 Å². The Bertz CT molecular complexity index is 409. The molecule has 0 aromatic carbocycles. The van der Waals surface area contributed by atoms with Gasteiger partial charge in [-0.2, -0.15) is 0 Å². The average Bonchev–Trinajstić information content (AvgIpc) is 2.41. The van der Waals surface area contributed by atoms with Crippen LogP contribution in [0.5, 0.6) is 0 Å². The summed E-state index contributed by atoms with van der Waals surface area (Å²) < 4.78 is 0. The molecule has 2 nitrogen and oxygen atoms in total. The van der Waals surface area contributed by atoms with E-state index in [-0.39, 0.29) is 0 Å². The first-order valence-corrected chi connectivity index (χ1v) is 6.70. The van der Waals surface area contributed by atoms with E-state index in [2.05, 4.69) is 32.3 Å². The van der Waals surface area contributed by atoms with Crippen molar-refractivity contribution in [3.8, 4) is 0 Å². The SMILES string of the molecule is C=CCCN/C=C(C(=N)/C=C\C)/C(C=C)=C(\C)CC. The Morgan fingerprint density at radius 1 is 1.32 bits per heavy atom. The molecule has 0 rings (SSSR count). The predicted molar refractivity (Wildman–Crippen MR) is 86.6 cm³/mol. The summed E-state index contributed by atoms with van der Waals surface area (Å²) in [6, 6.07) is 0. The molecule has 0 aromatic heterocycles. The zero-order valence-corrected chi connectivity index (χ0v) is 12.4. The predicted octanol–water partition coefficient (Wildman–Crippen LogP) is 4.54. The lowest BCUT2D eigenvalue weighted by Crippen LogP contribution is -2.11. The van der Waals surface area contributed by atoms with E-state index in [9.17, 15) is 0 Å².